The molecule has 4 amide bonds. The van der Waals surface area contributed by atoms with Crippen LogP contribution in [0.4, 0.5) is 10.5 Å². The quantitative estimate of drug-likeness (QED) is 0.467. The molecule has 0 unspecified atom stereocenters. The fraction of sp³-hybridized carbons (Fsp3) is 0.150. The second kappa shape index (κ2) is 8.79. The number of anilines is 1. The molecule has 0 aliphatic carbocycles. The Balaban J connectivity index is 1.99. The zero-order chi connectivity index (χ0) is 21.1. The maximum atomic E-state index is 12.9. The van der Waals surface area contributed by atoms with Gasteiger partial charge in [-0.2, -0.15) is 0 Å². The van der Waals surface area contributed by atoms with Gasteiger partial charge in [0.2, 0.25) is 0 Å². The summed E-state index contributed by atoms with van der Waals surface area (Å²) in [6.07, 6.45) is 1.42. The number of nitrogens with one attached hydrogen (secondary N) is 1. The summed E-state index contributed by atoms with van der Waals surface area (Å²) in [7, 11) is 1.51. The Labute approximate surface area is 183 Å². The van der Waals surface area contributed by atoms with Gasteiger partial charge in [0.05, 0.1) is 28.3 Å². The summed E-state index contributed by atoms with van der Waals surface area (Å²) < 4.78 is 11.9. The first-order valence-electron chi connectivity index (χ1n) is 8.53. The highest BCUT2D eigenvalue weighted by Crippen LogP contribution is 2.35. The molecule has 2 aromatic carbocycles. The smallest absolute Gasteiger partial charge is 0.335 e. The lowest BCUT2D eigenvalue weighted by atomic mass is 10.1. The molecule has 0 aromatic heterocycles. The van der Waals surface area contributed by atoms with E-state index < -0.39 is 17.8 Å². The van der Waals surface area contributed by atoms with Crippen LogP contribution in [0.5, 0.6) is 11.5 Å². The van der Waals surface area contributed by atoms with Gasteiger partial charge in [-0.25, -0.2) is 9.69 Å². The van der Waals surface area contributed by atoms with Crippen molar-refractivity contribution in [3.05, 3.63) is 56.5 Å². The summed E-state index contributed by atoms with van der Waals surface area (Å²) in [6, 6.07) is 9.00. The lowest BCUT2D eigenvalue weighted by Gasteiger charge is -2.26. The van der Waals surface area contributed by atoms with E-state index in [-0.39, 0.29) is 5.57 Å². The predicted molar refractivity (Wildman–Crippen MR) is 115 cm³/mol. The lowest BCUT2D eigenvalue weighted by Crippen LogP contribution is -2.54. The second-order valence-electron chi connectivity index (χ2n) is 5.90. The van der Waals surface area contributed by atoms with Crippen molar-refractivity contribution in [2.24, 2.45) is 0 Å². The predicted octanol–water partition coefficient (Wildman–Crippen LogP) is 4.29. The van der Waals surface area contributed by atoms with Crippen LogP contribution in [0.15, 0.2) is 50.9 Å². The van der Waals surface area contributed by atoms with Crippen LogP contribution in [-0.2, 0) is 9.59 Å². The third-order valence-corrected chi connectivity index (χ3v) is 5.23. The number of imide groups is 2. The maximum absolute atomic E-state index is 12.9. The molecule has 7 nitrogen and oxygen atoms in total. The molecule has 1 N–H and O–H groups in total. The third-order valence-electron chi connectivity index (χ3n) is 4.05. The molecule has 0 radical (unpaired) electrons. The largest absolute Gasteiger partial charge is 0.497 e. The number of nitrogens with zero attached hydrogens (tertiary/aromatic N) is 1. The summed E-state index contributed by atoms with van der Waals surface area (Å²) in [5.41, 5.74) is 0.735. The van der Waals surface area contributed by atoms with E-state index in [0.717, 1.165) is 4.90 Å². The van der Waals surface area contributed by atoms with Crippen LogP contribution in [0, 0.1) is 0 Å². The van der Waals surface area contributed by atoms with Crippen molar-refractivity contribution in [3.8, 4) is 11.5 Å². The van der Waals surface area contributed by atoms with Gasteiger partial charge in [-0.3, -0.25) is 14.9 Å². The Morgan fingerprint density at radius 2 is 1.69 bits per heavy atom. The van der Waals surface area contributed by atoms with Crippen LogP contribution in [-0.4, -0.2) is 31.6 Å². The normalized spacial score (nSPS) is 15.5. The van der Waals surface area contributed by atoms with E-state index in [0.29, 0.717) is 38.3 Å². The molecule has 9 heteroatoms. The van der Waals surface area contributed by atoms with Crippen LogP contribution in [0.25, 0.3) is 6.08 Å². The Kier molecular flexibility index (Phi) is 6.39. The minimum atomic E-state index is -0.809. The monoisotopic (exact) mass is 522 g/mol. The molecule has 1 fully saturated rings. The summed E-state index contributed by atoms with van der Waals surface area (Å²) >= 11 is 6.84. The first kappa shape index (κ1) is 21.1. The highest BCUT2D eigenvalue weighted by atomic mass is 79.9. The minimum absolute atomic E-state index is 0.164. The Bertz CT molecular complexity index is 995. The molecular formula is C20H16Br2N2O5. The third kappa shape index (κ3) is 4.35. The van der Waals surface area contributed by atoms with Crippen LogP contribution in [0.1, 0.15) is 12.5 Å². The average Bonchev–Trinajstić information content (AvgIpc) is 2.68. The van der Waals surface area contributed by atoms with E-state index in [1.807, 2.05) is 6.92 Å². The van der Waals surface area contributed by atoms with Gasteiger partial charge in [-0.15, -0.1) is 0 Å². The molecule has 0 saturated carbocycles. The number of methoxy groups -OCH3 is 1. The summed E-state index contributed by atoms with van der Waals surface area (Å²) in [6.45, 7) is 2.35. The van der Waals surface area contributed by atoms with Crippen molar-refractivity contribution in [2.45, 2.75) is 6.92 Å². The maximum Gasteiger partial charge on any atom is 0.335 e. The number of halogens is 2. The van der Waals surface area contributed by atoms with Gasteiger partial charge in [0.25, 0.3) is 11.8 Å². The van der Waals surface area contributed by atoms with Crippen molar-refractivity contribution < 1.29 is 23.9 Å². The number of urea groups is 1. The summed E-state index contributed by atoms with van der Waals surface area (Å²) in [4.78, 5) is 38.4. The molecule has 0 spiro atoms. The van der Waals surface area contributed by atoms with Gasteiger partial charge in [0.15, 0.2) is 0 Å². The van der Waals surface area contributed by atoms with E-state index in [2.05, 4.69) is 37.2 Å². The molecule has 29 heavy (non-hydrogen) atoms. The molecule has 0 atom stereocenters. The Hall–Kier alpha value is -2.65. The first-order valence-corrected chi connectivity index (χ1v) is 10.1. The van der Waals surface area contributed by atoms with Gasteiger partial charge in [-0.1, -0.05) is 0 Å². The first-order chi connectivity index (χ1) is 13.8. The molecule has 1 aliphatic rings. The van der Waals surface area contributed by atoms with Crippen molar-refractivity contribution >= 4 is 61.5 Å². The van der Waals surface area contributed by atoms with Gasteiger partial charge < -0.3 is 9.47 Å². The molecule has 2 aromatic rings. The Morgan fingerprint density at radius 1 is 1.07 bits per heavy atom. The lowest BCUT2D eigenvalue weighted by molar-refractivity contribution is -0.122. The van der Waals surface area contributed by atoms with E-state index in [9.17, 15) is 14.4 Å². The standard InChI is InChI=1S/C20H16Br2N2O5/c1-3-29-17-15(21)9-11(10-16(17)22)8-14-18(25)23-20(27)24(19(14)26)12-4-6-13(28-2)7-5-12/h4-10H,3H2,1-2H3,(H,23,25,27)/b14-8+. The van der Waals surface area contributed by atoms with Crippen molar-refractivity contribution in [2.75, 3.05) is 18.6 Å². The van der Waals surface area contributed by atoms with Gasteiger partial charge in [-0.05, 0) is 86.8 Å². The molecule has 1 aliphatic heterocycles. The van der Waals surface area contributed by atoms with Crippen LogP contribution >= 0.6 is 31.9 Å². The highest BCUT2D eigenvalue weighted by molar-refractivity contribution is 9.11. The van der Waals surface area contributed by atoms with Crippen LogP contribution < -0.4 is 19.7 Å². The average molecular weight is 524 g/mol. The fourth-order valence-electron chi connectivity index (χ4n) is 2.73. The molecule has 3 rings (SSSR count). The van der Waals surface area contributed by atoms with E-state index in [1.54, 1.807) is 36.4 Å². The van der Waals surface area contributed by atoms with Crippen molar-refractivity contribution in [3.63, 3.8) is 0 Å². The van der Waals surface area contributed by atoms with E-state index >= 15 is 0 Å². The Morgan fingerprint density at radius 3 is 2.24 bits per heavy atom. The molecule has 150 valence electrons. The van der Waals surface area contributed by atoms with Gasteiger partial charge >= 0.3 is 6.03 Å². The molecule has 1 saturated heterocycles. The van der Waals surface area contributed by atoms with Crippen molar-refractivity contribution in [1.82, 2.24) is 5.32 Å². The molecular weight excluding hydrogens is 508 g/mol. The number of barbiturate groups is 1. The molecule has 1 heterocycles. The fourth-order valence-corrected chi connectivity index (χ4v) is 4.19. The molecule has 0 bridgehead atoms. The number of benzene rings is 2. The summed E-state index contributed by atoms with van der Waals surface area (Å²) in [5, 5.41) is 2.20. The zero-order valence-corrected chi connectivity index (χ0v) is 18.7. The highest BCUT2D eigenvalue weighted by Gasteiger charge is 2.36. The number of carbonyl (C=O) groups is 3. The van der Waals surface area contributed by atoms with Crippen molar-refractivity contribution in [1.29, 1.82) is 0 Å². The van der Waals surface area contributed by atoms with E-state index in [1.165, 1.54) is 13.2 Å². The topological polar surface area (TPSA) is 84.9 Å². The van der Waals surface area contributed by atoms with Crippen LogP contribution in [0.3, 0.4) is 0 Å². The number of carbonyl (C=O) groups excluding carboxylic acids is 3. The summed E-state index contributed by atoms with van der Waals surface area (Å²) in [5.74, 6) is -0.283. The number of hydrogen-bond acceptors (Lipinski definition) is 5. The second-order valence-corrected chi connectivity index (χ2v) is 7.61. The number of rotatable bonds is 5. The van der Waals surface area contributed by atoms with E-state index in [4.69, 9.17) is 9.47 Å². The SMILES string of the molecule is CCOc1c(Br)cc(/C=C2\C(=O)NC(=O)N(c3ccc(OC)cc3)C2=O)cc1Br. The number of amides is 4. The zero-order valence-electron chi connectivity index (χ0n) is 15.5. The minimum Gasteiger partial charge on any atom is -0.497 e. The van der Waals surface area contributed by atoms with Gasteiger partial charge in [0.1, 0.15) is 17.1 Å². The van der Waals surface area contributed by atoms with Gasteiger partial charge in [0, 0.05) is 0 Å². The number of ether oxygens (including phenoxy) is 2. The number of hydrogen-bond donors (Lipinski definition) is 1. The van der Waals surface area contributed by atoms with Crippen LogP contribution in [0.2, 0.25) is 0 Å².